The summed E-state index contributed by atoms with van der Waals surface area (Å²) in [4.78, 5) is 43.1. The number of rotatable bonds is 5. The average Bonchev–Trinajstić information content (AvgIpc) is 2.71. The van der Waals surface area contributed by atoms with E-state index in [0.717, 1.165) is 16.0 Å². The second-order valence-corrected chi connectivity index (χ2v) is 8.49. The van der Waals surface area contributed by atoms with Crippen LogP contribution in [0.2, 0.25) is 10.3 Å². The predicted molar refractivity (Wildman–Crippen MR) is 120 cm³/mol. The maximum absolute atomic E-state index is 13.9. The zero-order valence-electron chi connectivity index (χ0n) is 17.6. The van der Waals surface area contributed by atoms with E-state index in [9.17, 15) is 14.4 Å². The predicted octanol–water partition coefficient (Wildman–Crippen LogP) is 3.66. The molecule has 0 radical (unpaired) electrons. The van der Waals surface area contributed by atoms with Crippen LogP contribution in [0.5, 0.6) is 0 Å². The number of hydrogen-bond donors (Lipinski definition) is 0. The molecule has 1 atom stereocenters. The zero-order chi connectivity index (χ0) is 22.8. The molecule has 2 aromatic rings. The summed E-state index contributed by atoms with van der Waals surface area (Å²) < 4.78 is 0. The second-order valence-electron chi connectivity index (χ2n) is 7.71. The van der Waals surface area contributed by atoms with Crippen molar-refractivity contribution in [3.8, 4) is 0 Å². The molecule has 2 heterocycles. The Morgan fingerprint density at radius 3 is 2.35 bits per heavy atom. The summed E-state index contributed by atoms with van der Waals surface area (Å²) in [5, 5.41) is 3.35. The molecule has 164 valence electrons. The minimum absolute atomic E-state index is 0.0668. The van der Waals surface area contributed by atoms with E-state index in [0.29, 0.717) is 32.2 Å². The maximum atomic E-state index is 13.9. The van der Waals surface area contributed by atoms with Crippen molar-refractivity contribution in [1.82, 2.24) is 15.0 Å². The lowest BCUT2D eigenvalue weighted by Crippen LogP contribution is -2.67. The number of hydrazine groups is 1. The summed E-state index contributed by atoms with van der Waals surface area (Å²) in [7, 11) is 1.71. The van der Waals surface area contributed by atoms with Crippen LogP contribution in [0.3, 0.4) is 0 Å². The first-order chi connectivity index (χ1) is 14.7. The van der Waals surface area contributed by atoms with Gasteiger partial charge in [-0.2, -0.15) is 0 Å². The number of amides is 3. The molecule has 1 unspecified atom stereocenters. The smallest absolute Gasteiger partial charge is 0.256 e. The number of pyridine rings is 1. The number of aryl methyl sites for hydroxylation is 1. The van der Waals surface area contributed by atoms with Gasteiger partial charge in [-0.3, -0.25) is 24.3 Å². The van der Waals surface area contributed by atoms with Crippen LogP contribution in [-0.2, 0) is 20.8 Å². The van der Waals surface area contributed by atoms with Gasteiger partial charge in [0.2, 0.25) is 12.3 Å². The summed E-state index contributed by atoms with van der Waals surface area (Å²) in [6.45, 7) is 3.95. The SMILES string of the molecule is CC(=O)N1CCCC(Cc2ccc(C)cc2)(C(=O)N(C=O)c2cc(Cl)nc(Cl)c2)N1C. The molecule has 1 aromatic heterocycles. The second kappa shape index (κ2) is 9.34. The molecule has 1 aromatic carbocycles. The van der Waals surface area contributed by atoms with E-state index in [2.05, 4.69) is 4.98 Å². The summed E-state index contributed by atoms with van der Waals surface area (Å²) in [5.74, 6) is -0.634. The molecule has 0 aliphatic carbocycles. The quantitative estimate of drug-likeness (QED) is 0.500. The van der Waals surface area contributed by atoms with Crippen molar-refractivity contribution < 1.29 is 14.4 Å². The fourth-order valence-corrected chi connectivity index (χ4v) is 4.49. The Hall–Kier alpha value is -2.48. The summed E-state index contributed by atoms with van der Waals surface area (Å²) in [6.07, 6.45) is 1.86. The average molecular weight is 463 g/mol. The number of carbonyl (C=O) groups excluding carboxylic acids is 3. The molecule has 0 spiro atoms. The highest BCUT2D eigenvalue weighted by Gasteiger charge is 2.50. The van der Waals surface area contributed by atoms with Crippen molar-refractivity contribution in [3.05, 3.63) is 57.8 Å². The molecule has 1 saturated heterocycles. The Balaban J connectivity index is 2.09. The minimum atomic E-state index is -1.15. The molecule has 3 rings (SSSR count). The summed E-state index contributed by atoms with van der Waals surface area (Å²) >= 11 is 12.0. The number of carbonyl (C=O) groups is 3. The fraction of sp³-hybridized carbons (Fsp3) is 0.364. The van der Waals surface area contributed by atoms with Gasteiger partial charge in [-0.25, -0.2) is 9.99 Å². The molecule has 7 nitrogen and oxygen atoms in total. The van der Waals surface area contributed by atoms with Crippen LogP contribution in [0, 0.1) is 6.92 Å². The highest BCUT2D eigenvalue weighted by molar-refractivity contribution is 6.33. The molecule has 1 aliphatic rings. The van der Waals surface area contributed by atoms with Gasteiger partial charge in [0.05, 0.1) is 5.69 Å². The Bertz CT molecular complexity index is 979. The first-order valence-corrected chi connectivity index (χ1v) is 10.6. The van der Waals surface area contributed by atoms with E-state index in [1.165, 1.54) is 19.1 Å². The number of halogens is 2. The van der Waals surface area contributed by atoms with E-state index >= 15 is 0 Å². The van der Waals surface area contributed by atoms with Crippen molar-refractivity contribution in [2.24, 2.45) is 0 Å². The molecule has 31 heavy (non-hydrogen) atoms. The van der Waals surface area contributed by atoms with Crippen LogP contribution in [-0.4, -0.2) is 52.4 Å². The van der Waals surface area contributed by atoms with Crippen LogP contribution in [0.15, 0.2) is 36.4 Å². The van der Waals surface area contributed by atoms with Crippen LogP contribution in [0.25, 0.3) is 0 Å². The largest absolute Gasteiger partial charge is 0.278 e. The Morgan fingerprint density at radius 2 is 1.81 bits per heavy atom. The van der Waals surface area contributed by atoms with Crippen molar-refractivity contribution in [2.75, 3.05) is 18.5 Å². The fourth-order valence-electron chi connectivity index (χ4n) is 4.04. The lowest BCUT2D eigenvalue weighted by molar-refractivity contribution is -0.172. The van der Waals surface area contributed by atoms with E-state index < -0.39 is 11.4 Å². The zero-order valence-corrected chi connectivity index (χ0v) is 19.2. The van der Waals surface area contributed by atoms with Gasteiger partial charge in [0.1, 0.15) is 15.8 Å². The molecule has 0 N–H and O–H groups in total. The van der Waals surface area contributed by atoms with E-state index in [-0.39, 0.29) is 21.9 Å². The molecule has 0 saturated carbocycles. The normalized spacial score (nSPS) is 19.2. The number of nitrogens with zero attached hydrogens (tertiary/aromatic N) is 4. The van der Waals surface area contributed by atoms with Crippen molar-refractivity contribution in [2.45, 2.75) is 38.6 Å². The molecule has 0 bridgehead atoms. The van der Waals surface area contributed by atoms with E-state index in [1.54, 1.807) is 17.1 Å². The number of imide groups is 1. The number of aromatic nitrogens is 1. The number of anilines is 1. The third kappa shape index (κ3) is 4.74. The standard InChI is InChI=1S/C22H24Cl2N4O3/c1-15-5-7-17(8-6-15)13-22(9-4-10-28(16(2)30)26(22)3)21(31)27(14-29)18-11-19(23)25-20(24)12-18/h5-8,11-12,14H,4,9-10,13H2,1-3H3. The van der Waals surface area contributed by atoms with E-state index in [4.69, 9.17) is 23.2 Å². The van der Waals surface area contributed by atoms with Gasteiger partial charge in [0, 0.05) is 26.9 Å². The van der Waals surface area contributed by atoms with Crippen molar-refractivity contribution in [1.29, 1.82) is 0 Å². The van der Waals surface area contributed by atoms with Gasteiger partial charge in [-0.1, -0.05) is 53.0 Å². The number of hydrogen-bond acceptors (Lipinski definition) is 5. The maximum Gasteiger partial charge on any atom is 0.256 e. The van der Waals surface area contributed by atoms with Crippen LogP contribution >= 0.6 is 23.2 Å². The van der Waals surface area contributed by atoms with Gasteiger partial charge in [0.25, 0.3) is 5.91 Å². The van der Waals surface area contributed by atoms with Gasteiger partial charge in [-0.15, -0.1) is 0 Å². The van der Waals surface area contributed by atoms with Crippen molar-refractivity contribution in [3.63, 3.8) is 0 Å². The molecule has 3 amide bonds. The summed E-state index contributed by atoms with van der Waals surface area (Å²) in [5.41, 5.74) is 1.10. The van der Waals surface area contributed by atoms with Gasteiger partial charge in [-0.05, 0) is 37.5 Å². The van der Waals surface area contributed by atoms with Crippen LogP contribution in [0.4, 0.5) is 5.69 Å². The monoisotopic (exact) mass is 462 g/mol. The third-order valence-electron chi connectivity index (χ3n) is 5.67. The van der Waals surface area contributed by atoms with Gasteiger partial charge in [0.15, 0.2) is 0 Å². The molecular weight excluding hydrogens is 439 g/mol. The first-order valence-electron chi connectivity index (χ1n) is 9.87. The highest BCUT2D eigenvalue weighted by Crippen LogP contribution is 2.35. The lowest BCUT2D eigenvalue weighted by Gasteiger charge is -2.50. The molecule has 1 aliphatic heterocycles. The van der Waals surface area contributed by atoms with Crippen molar-refractivity contribution >= 4 is 47.1 Å². The Kier molecular flexibility index (Phi) is 6.99. The Labute approximate surface area is 191 Å². The number of benzene rings is 1. The van der Waals surface area contributed by atoms with Crippen LogP contribution < -0.4 is 4.90 Å². The highest BCUT2D eigenvalue weighted by atomic mass is 35.5. The van der Waals surface area contributed by atoms with Crippen LogP contribution in [0.1, 0.15) is 30.9 Å². The third-order valence-corrected chi connectivity index (χ3v) is 6.06. The molecule has 1 fully saturated rings. The van der Waals surface area contributed by atoms with Gasteiger partial charge < -0.3 is 0 Å². The minimum Gasteiger partial charge on any atom is -0.278 e. The first kappa shape index (κ1) is 23.2. The van der Waals surface area contributed by atoms with Gasteiger partial charge >= 0.3 is 0 Å². The summed E-state index contributed by atoms with van der Waals surface area (Å²) in [6, 6.07) is 10.7. The number of likely N-dealkylation sites (N-methyl/N-ethyl adjacent to an activating group) is 1. The topological polar surface area (TPSA) is 73.8 Å². The molecular formula is C22H24Cl2N4O3. The lowest BCUT2D eigenvalue weighted by atomic mass is 9.82. The molecule has 9 heteroatoms. The van der Waals surface area contributed by atoms with E-state index in [1.807, 2.05) is 31.2 Å². The Morgan fingerprint density at radius 1 is 1.19 bits per heavy atom.